The molecule has 0 bridgehead atoms. The summed E-state index contributed by atoms with van der Waals surface area (Å²) in [5.41, 5.74) is -0.758. The van der Waals surface area contributed by atoms with Crippen molar-refractivity contribution in [3.63, 3.8) is 0 Å². The van der Waals surface area contributed by atoms with E-state index < -0.39 is 60.5 Å². The van der Waals surface area contributed by atoms with Gasteiger partial charge in [0.05, 0.1) is 27.7 Å². The van der Waals surface area contributed by atoms with E-state index in [0.29, 0.717) is 6.08 Å². The van der Waals surface area contributed by atoms with Gasteiger partial charge in [-0.3, -0.25) is 9.59 Å². The molecule has 2 aromatic rings. The number of carbonyl (C=O) groups is 2. The van der Waals surface area contributed by atoms with E-state index in [1.807, 2.05) is 0 Å². The van der Waals surface area contributed by atoms with Gasteiger partial charge in [0.2, 0.25) is 5.91 Å². The third-order valence-corrected chi connectivity index (χ3v) is 6.01. The predicted molar refractivity (Wildman–Crippen MR) is 126 cm³/mol. The van der Waals surface area contributed by atoms with Crippen LogP contribution in [0.1, 0.15) is 47.2 Å². The number of carbonyl (C=O) groups excluding carboxylic acids is 2. The zero-order chi connectivity index (χ0) is 28.1. The summed E-state index contributed by atoms with van der Waals surface area (Å²) < 4.78 is 92.3. The van der Waals surface area contributed by atoms with Gasteiger partial charge in [-0.25, -0.2) is 4.39 Å². The van der Waals surface area contributed by atoms with Crippen LogP contribution in [-0.2, 0) is 4.79 Å². The smallest absolute Gasteiger partial charge is 0.336 e. The van der Waals surface area contributed by atoms with Gasteiger partial charge in [0.1, 0.15) is 11.7 Å². The zero-order valence-corrected chi connectivity index (χ0v) is 21.0. The highest BCUT2D eigenvalue weighted by atomic mass is 35.5. The first-order chi connectivity index (χ1) is 17.0. The first kappa shape index (κ1) is 30.7. The molecule has 0 heterocycles. The molecule has 2 aromatic carbocycles. The Hall–Kier alpha value is -2.50. The number of hydrogen-bond acceptors (Lipinski definition) is 2. The van der Waals surface area contributed by atoms with Gasteiger partial charge in [0.15, 0.2) is 0 Å². The standard InChI is InChI=1S/C23H18Cl3F7N2O2/c1-11(34-19(36)6-7-22(28,29)30)35-21(37)13-4-2-12(3-5-13)18(27)10-15(23(31,32)33)14-8-16(24)20(26)17(25)9-14/h2-5,8-11,15H,6-7H2,1H3,(H,34,36)(H,35,37)/b18-10-. The Labute approximate surface area is 221 Å². The summed E-state index contributed by atoms with van der Waals surface area (Å²) in [7, 11) is 0. The largest absolute Gasteiger partial charge is 0.399 e. The monoisotopic (exact) mass is 592 g/mol. The van der Waals surface area contributed by atoms with Crippen LogP contribution in [0.5, 0.6) is 0 Å². The second-order valence-corrected chi connectivity index (χ2v) is 8.98. The fourth-order valence-corrected chi connectivity index (χ4v) is 3.66. The molecule has 0 saturated heterocycles. The molecule has 2 unspecified atom stereocenters. The molecule has 202 valence electrons. The molecule has 37 heavy (non-hydrogen) atoms. The summed E-state index contributed by atoms with van der Waals surface area (Å²) in [6.45, 7) is 1.31. The van der Waals surface area contributed by atoms with Crippen molar-refractivity contribution < 1.29 is 40.3 Å². The van der Waals surface area contributed by atoms with Crippen LogP contribution in [0.25, 0.3) is 5.83 Å². The lowest BCUT2D eigenvalue weighted by Crippen LogP contribution is -2.46. The third kappa shape index (κ3) is 9.39. The lowest BCUT2D eigenvalue weighted by molar-refractivity contribution is -0.144. The molecule has 2 atom stereocenters. The molecule has 2 N–H and O–H groups in total. The van der Waals surface area contributed by atoms with Crippen LogP contribution in [0.4, 0.5) is 30.7 Å². The first-order valence-electron chi connectivity index (χ1n) is 10.3. The van der Waals surface area contributed by atoms with E-state index in [0.717, 1.165) is 36.4 Å². The summed E-state index contributed by atoms with van der Waals surface area (Å²) >= 11 is 17.4. The minimum atomic E-state index is -4.90. The summed E-state index contributed by atoms with van der Waals surface area (Å²) in [6, 6.07) is 6.21. The zero-order valence-electron chi connectivity index (χ0n) is 18.7. The molecule has 4 nitrogen and oxygen atoms in total. The lowest BCUT2D eigenvalue weighted by Gasteiger charge is -2.19. The molecule has 2 amide bonds. The van der Waals surface area contributed by atoms with Gasteiger partial charge in [0, 0.05) is 17.5 Å². The fraction of sp³-hybridized carbons (Fsp3) is 0.304. The summed E-state index contributed by atoms with van der Waals surface area (Å²) in [5.74, 6) is -5.36. The Bertz CT molecular complexity index is 1140. The second-order valence-electron chi connectivity index (χ2n) is 7.79. The molecule has 0 radical (unpaired) electrons. The van der Waals surface area contributed by atoms with E-state index in [1.165, 1.54) is 6.92 Å². The Kier molecular flexibility index (Phi) is 10.3. The molecular weight excluding hydrogens is 576 g/mol. The summed E-state index contributed by atoms with van der Waals surface area (Å²) in [5, 5.41) is 3.85. The Morgan fingerprint density at radius 2 is 1.43 bits per heavy atom. The molecule has 0 aliphatic rings. The molecular formula is C23H18Cl3F7N2O2. The van der Waals surface area contributed by atoms with Crippen molar-refractivity contribution in [3.05, 3.63) is 74.2 Å². The molecule has 0 fully saturated rings. The van der Waals surface area contributed by atoms with Crippen molar-refractivity contribution in [2.24, 2.45) is 0 Å². The highest BCUT2D eigenvalue weighted by Crippen LogP contribution is 2.42. The molecule has 0 saturated carbocycles. The highest BCUT2D eigenvalue weighted by Gasteiger charge is 2.40. The highest BCUT2D eigenvalue weighted by molar-refractivity contribution is 6.48. The summed E-state index contributed by atoms with van der Waals surface area (Å²) in [4.78, 5) is 23.8. The van der Waals surface area contributed by atoms with Gasteiger partial charge in [-0.2, -0.15) is 26.3 Å². The van der Waals surface area contributed by atoms with E-state index in [2.05, 4.69) is 10.6 Å². The second kappa shape index (κ2) is 12.4. The first-order valence-corrected chi connectivity index (χ1v) is 11.5. The van der Waals surface area contributed by atoms with Crippen LogP contribution in [-0.4, -0.2) is 30.3 Å². The maximum Gasteiger partial charge on any atom is 0.399 e. The normalized spacial score (nSPS) is 14.2. The van der Waals surface area contributed by atoms with Gasteiger partial charge in [0.25, 0.3) is 5.91 Å². The van der Waals surface area contributed by atoms with E-state index in [4.69, 9.17) is 34.8 Å². The number of hydrogen-bond donors (Lipinski definition) is 2. The average molecular weight is 594 g/mol. The van der Waals surface area contributed by atoms with Crippen LogP contribution >= 0.6 is 34.8 Å². The third-order valence-electron chi connectivity index (χ3n) is 4.81. The van der Waals surface area contributed by atoms with Gasteiger partial charge in [-0.1, -0.05) is 46.9 Å². The van der Waals surface area contributed by atoms with E-state index in [9.17, 15) is 40.3 Å². The molecule has 0 aliphatic heterocycles. The number of benzene rings is 2. The predicted octanol–water partition coefficient (Wildman–Crippen LogP) is 7.84. The van der Waals surface area contributed by atoms with E-state index >= 15 is 0 Å². The van der Waals surface area contributed by atoms with Gasteiger partial charge < -0.3 is 10.6 Å². The minimum absolute atomic E-state index is 0.0448. The maximum atomic E-state index is 14.8. The Morgan fingerprint density at radius 1 is 0.919 bits per heavy atom. The maximum absolute atomic E-state index is 14.8. The minimum Gasteiger partial charge on any atom is -0.336 e. The summed E-state index contributed by atoms with van der Waals surface area (Å²) in [6.07, 6.45) is -12.3. The average Bonchev–Trinajstić information content (AvgIpc) is 2.78. The SMILES string of the molecule is CC(NC(=O)CCC(F)(F)F)NC(=O)c1ccc(/C(F)=C/C(c2cc(Cl)c(Cl)c(Cl)c2)C(F)(F)F)cc1. The topological polar surface area (TPSA) is 58.2 Å². The quantitative estimate of drug-likeness (QED) is 0.186. The molecule has 0 aliphatic carbocycles. The van der Waals surface area contributed by atoms with Gasteiger partial charge in [-0.15, -0.1) is 0 Å². The lowest BCUT2D eigenvalue weighted by atomic mass is 9.96. The number of allylic oxidation sites excluding steroid dienone is 1. The van der Waals surface area contributed by atoms with Crippen LogP contribution in [0, 0.1) is 0 Å². The Balaban J connectivity index is 2.13. The molecule has 0 spiro atoms. The van der Waals surface area contributed by atoms with Gasteiger partial charge >= 0.3 is 12.4 Å². The molecule has 14 heteroatoms. The number of amides is 2. The van der Waals surface area contributed by atoms with Crippen molar-refractivity contribution in [2.45, 2.75) is 44.2 Å². The number of alkyl halides is 6. The van der Waals surface area contributed by atoms with E-state index in [-0.39, 0.29) is 26.2 Å². The van der Waals surface area contributed by atoms with Gasteiger partial charge in [-0.05, 0) is 42.8 Å². The Morgan fingerprint density at radius 3 is 1.92 bits per heavy atom. The molecule has 0 aromatic heterocycles. The van der Waals surface area contributed by atoms with Crippen LogP contribution in [0.3, 0.4) is 0 Å². The number of halogens is 10. The van der Waals surface area contributed by atoms with E-state index in [1.54, 1.807) is 0 Å². The molecule has 2 rings (SSSR count). The van der Waals surface area contributed by atoms with Crippen molar-refractivity contribution in [3.8, 4) is 0 Å². The van der Waals surface area contributed by atoms with Crippen molar-refractivity contribution in [1.29, 1.82) is 0 Å². The fourth-order valence-electron chi connectivity index (χ4n) is 3.04. The van der Waals surface area contributed by atoms with Crippen LogP contribution in [0.2, 0.25) is 15.1 Å². The van der Waals surface area contributed by atoms with Crippen molar-refractivity contribution >= 4 is 52.4 Å². The van der Waals surface area contributed by atoms with Crippen molar-refractivity contribution in [1.82, 2.24) is 10.6 Å². The van der Waals surface area contributed by atoms with Crippen LogP contribution in [0.15, 0.2) is 42.5 Å². The van der Waals surface area contributed by atoms with Crippen LogP contribution < -0.4 is 10.6 Å². The van der Waals surface area contributed by atoms with Crippen molar-refractivity contribution in [2.75, 3.05) is 0 Å². The number of rotatable bonds is 8. The number of nitrogens with one attached hydrogen (secondary N) is 2.